The highest BCUT2D eigenvalue weighted by Crippen LogP contribution is 2.42. The lowest BCUT2D eigenvalue weighted by molar-refractivity contribution is -0.132. The molecule has 0 spiro atoms. The van der Waals surface area contributed by atoms with E-state index < -0.39 is 17.7 Å². The highest BCUT2D eigenvalue weighted by Gasteiger charge is 2.46. The van der Waals surface area contributed by atoms with E-state index in [1.54, 1.807) is 79.9 Å². The first-order chi connectivity index (χ1) is 14.5. The molecule has 0 aliphatic carbocycles. The molecule has 1 saturated heterocycles. The van der Waals surface area contributed by atoms with Crippen LogP contribution in [0.3, 0.4) is 0 Å². The highest BCUT2D eigenvalue weighted by molar-refractivity contribution is 9.10. The van der Waals surface area contributed by atoms with Crippen molar-refractivity contribution < 1.29 is 19.4 Å². The lowest BCUT2D eigenvalue weighted by Crippen LogP contribution is -2.29. The van der Waals surface area contributed by atoms with Crippen LogP contribution < -0.4 is 9.64 Å². The van der Waals surface area contributed by atoms with Gasteiger partial charge in [-0.05, 0) is 42.0 Å². The Bertz CT molecular complexity index is 1120. The van der Waals surface area contributed by atoms with Crippen molar-refractivity contribution in [3.05, 3.63) is 100 Å². The zero-order chi connectivity index (χ0) is 21.3. The second kappa shape index (κ2) is 8.16. The number of ketones is 1. The first-order valence-corrected chi connectivity index (χ1v) is 10.1. The molecule has 5 nitrogen and oxygen atoms in total. The second-order valence-corrected chi connectivity index (χ2v) is 7.70. The molecule has 1 heterocycles. The monoisotopic (exact) mass is 463 g/mol. The molecule has 1 aliphatic heterocycles. The van der Waals surface area contributed by atoms with Crippen LogP contribution in [0.1, 0.15) is 17.2 Å². The Morgan fingerprint density at radius 1 is 0.933 bits per heavy atom. The van der Waals surface area contributed by atoms with Gasteiger partial charge in [0.2, 0.25) is 0 Å². The summed E-state index contributed by atoms with van der Waals surface area (Å²) in [5, 5.41) is 11.0. The molecule has 1 fully saturated rings. The maximum absolute atomic E-state index is 13.0. The van der Waals surface area contributed by atoms with Crippen LogP contribution in [0.4, 0.5) is 5.69 Å². The van der Waals surface area contributed by atoms with Crippen LogP contribution in [0.15, 0.2) is 88.9 Å². The first-order valence-electron chi connectivity index (χ1n) is 9.27. The maximum Gasteiger partial charge on any atom is 0.300 e. The van der Waals surface area contributed by atoms with E-state index in [0.717, 1.165) is 4.47 Å². The van der Waals surface area contributed by atoms with Gasteiger partial charge in [-0.3, -0.25) is 14.5 Å². The molecule has 1 unspecified atom stereocenters. The summed E-state index contributed by atoms with van der Waals surface area (Å²) >= 11 is 3.39. The number of aliphatic hydroxyl groups is 1. The number of nitrogens with zero attached hydrogens (tertiary/aromatic N) is 1. The standard InChI is InChI=1S/C24H18BrNO4/c1-30-19-13-7-15(8-14-19)21-20(22(27)16-5-3-2-4-6-16)23(28)24(29)26(21)18-11-9-17(25)10-12-18/h2-14,21,27H,1H3/b22-20-. The molecule has 4 rings (SSSR count). The third-order valence-corrected chi connectivity index (χ3v) is 5.56. The molecule has 1 aliphatic rings. The average molecular weight is 464 g/mol. The lowest BCUT2D eigenvalue weighted by atomic mass is 9.95. The summed E-state index contributed by atoms with van der Waals surface area (Å²) in [7, 11) is 1.57. The summed E-state index contributed by atoms with van der Waals surface area (Å²) in [5.74, 6) is -0.951. The van der Waals surface area contributed by atoms with Crippen LogP contribution >= 0.6 is 15.9 Å². The minimum atomic E-state index is -0.766. The van der Waals surface area contributed by atoms with Gasteiger partial charge in [0, 0.05) is 15.7 Å². The summed E-state index contributed by atoms with van der Waals surface area (Å²) in [5.41, 5.74) is 1.78. The number of Topliss-reactive ketones (excluding diaryl/α,β-unsaturated/α-hetero) is 1. The van der Waals surface area contributed by atoms with Crippen molar-refractivity contribution in [1.29, 1.82) is 0 Å². The quantitative estimate of drug-likeness (QED) is 0.332. The van der Waals surface area contributed by atoms with E-state index in [-0.39, 0.29) is 11.3 Å². The fraction of sp³-hybridized carbons (Fsp3) is 0.0833. The largest absolute Gasteiger partial charge is 0.507 e. The second-order valence-electron chi connectivity index (χ2n) is 6.78. The smallest absolute Gasteiger partial charge is 0.300 e. The number of aliphatic hydroxyl groups excluding tert-OH is 1. The van der Waals surface area contributed by atoms with Crippen molar-refractivity contribution >= 4 is 39.1 Å². The molecule has 150 valence electrons. The third-order valence-electron chi connectivity index (χ3n) is 5.03. The SMILES string of the molecule is COc1ccc(C2/C(=C(/O)c3ccccc3)C(=O)C(=O)N2c2ccc(Br)cc2)cc1. The maximum atomic E-state index is 13.0. The van der Waals surface area contributed by atoms with Gasteiger partial charge < -0.3 is 9.84 Å². The molecule has 1 atom stereocenters. The van der Waals surface area contributed by atoms with Gasteiger partial charge in [-0.15, -0.1) is 0 Å². The van der Waals surface area contributed by atoms with Crippen molar-refractivity contribution in [3.8, 4) is 5.75 Å². The summed E-state index contributed by atoms with van der Waals surface area (Å²) in [6.07, 6.45) is 0. The number of ether oxygens (including phenoxy) is 1. The Morgan fingerprint density at radius 3 is 2.17 bits per heavy atom. The number of anilines is 1. The van der Waals surface area contributed by atoms with E-state index in [9.17, 15) is 14.7 Å². The van der Waals surface area contributed by atoms with Crippen molar-refractivity contribution in [2.45, 2.75) is 6.04 Å². The minimum absolute atomic E-state index is 0.0549. The first kappa shape index (κ1) is 19.9. The molecule has 30 heavy (non-hydrogen) atoms. The molecule has 0 radical (unpaired) electrons. The molecule has 1 N–H and O–H groups in total. The van der Waals surface area contributed by atoms with Gasteiger partial charge in [-0.1, -0.05) is 58.4 Å². The van der Waals surface area contributed by atoms with Crippen LogP contribution in [0.5, 0.6) is 5.75 Å². The van der Waals surface area contributed by atoms with Crippen LogP contribution in [0.2, 0.25) is 0 Å². The molecule has 0 aromatic heterocycles. The number of methoxy groups -OCH3 is 1. The van der Waals surface area contributed by atoms with Gasteiger partial charge in [-0.2, -0.15) is 0 Å². The van der Waals surface area contributed by atoms with Crippen molar-refractivity contribution in [3.63, 3.8) is 0 Å². The van der Waals surface area contributed by atoms with Gasteiger partial charge in [0.15, 0.2) is 0 Å². The van der Waals surface area contributed by atoms with Crippen LogP contribution in [-0.4, -0.2) is 23.9 Å². The molecular weight excluding hydrogens is 446 g/mol. The summed E-state index contributed by atoms with van der Waals surface area (Å²) in [6, 6.07) is 22.2. The van der Waals surface area contributed by atoms with Crippen molar-refractivity contribution in [1.82, 2.24) is 0 Å². The number of halogens is 1. The summed E-state index contributed by atoms with van der Waals surface area (Å²) in [6.45, 7) is 0. The Balaban J connectivity index is 1.92. The Kier molecular flexibility index (Phi) is 5.42. The van der Waals surface area contributed by atoms with Gasteiger partial charge in [0.05, 0.1) is 18.7 Å². The van der Waals surface area contributed by atoms with Gasteiger partial charge >= 0.3 is 0 Å². The minimum Gasteiger partial charge on any atom is -0.507 e. The molecule has 3 aromatic carbocycles. The summed E-state index contributed by atoms with van der Waals surface area (Å²) in [4.78, 5) is 27.5. The fourth-order valence-electron chi connectivity index (χ4n) is 3.55. The number of carbonyl (C=O) groups is 2. The third kappa shape index (κ3) is 3.50. The Morgan fingerprint density at radius 2 is 1.57 bits per heavy atom. The van der Waals surface area contributed by atoms with E-state index in [0.29, 0.717) is 22.6 Å². The number of hydrogen-bond acceptors (Lipinski definition) is 4. The summed E-state index contributed by atoms with van der Waals surface area (Å²) < 4.78 is 6.08. The lowest BCUT2D eigenvalue weighted by Gasteiger charge is -2.25. The van der Waals surface area contributed by atoms with Gasteiger partial charge in [0.1, 0.15) is 11.5 Å². The fourth-order valence-corrected chi connectivity index (χ4v) is 3.82. The number of hydrogen-bond donors (Lipinski definition) is 1. The van der Waals surface area contributed by atoms with E-state index in [1.165, 1.54) is 4.90 Å². The molecule has 0 saturated carbocycles. The van der Waals surface area contributed by atoms with Crippen LogP contribution in [0.25, 0.3) is 5.76 Å². The van der Waals surface area contributed by atoms with Gasteiger partial charge in [0.25, 0.3) is 11.7 Å². The van der Waals surface area contributed by atoms with Crippen molar-refractivity contribution in [2.24, 2.45) is 0 Å². The zero-order valence-electron chi connectivity index (χ0n) is 16.1. The van der Waals surface area contributed by atoms with E-state index >= 15 is 0 Å². The normalized spacial score (nSPS) is 17.9. The number of carbonyl (C=O) groups excluding carboxylic acids is 2. The molecular formula is C24H18BrNO4. The van der Waals surface area contributed by atoms with Crippen molar-refractivity contribution in [2.75, 3.05) is 12.0 Å². The highest BCUT2D eigenvalue weighted by atomic mass is 79.9. The number of rotatable bonds is 4. The predicted octanol–water partition coefficient (Wildman–Crippen LogP) is 5.08. The predicted molar refractivity (Wildman–Crippen MR) is 118 cm³/mol. The molecule has 1 amide bonds. The van der Waals surface area contributed by atoms with Crippen LogP contribution in [0, 0.1) is 0 Å². The van der Waals surface area contributed by atoms with Gasteiger partial charge in [-0.25, -0.2) is 0 Å². The Labute approximate surface area is 182 Å². The zero-order valence-corrected chi connectivity index (χ0v) is 17.7. The van der Waals surface area contributed by atoms with E-state index in [1.807, 2.05) is 6.07 Å². The Hall–Kier alpha value is -3.38. The molecule has 0 bridgehead atoms. The van der Waals surface area contributed by atoms with E-state index in [4.69, 9.17) is 4.74 Å². The number of benzene rings is 3. The van der Waals surface area contributed by atoms with E-state index in [2.05, 4.69) is 15.9 Å². The topological polar surface area (TPSA) is 66.8 Å². The molecule has 3 aromatic rings. The molecule has 6 heteroatoms. The van der Waals surface area contributed by atoms with Crippen LogP contribution in [-0.2, 0) is 9.59 Å². The number of amides is 1. The average Bonchev–Trinajstić information content (AvgIpc) is 3.05.